The van der Waals surface area contributed by atoms with Gasteiger partial charge in [-0.2, -0.15) is 0 Å². The van der Waals surface area contributed by atoms with E-state index < -0.39 is 0 Å². The third-order valence-electron chi connectivity index (χ3n) is 2.55. The van der Waals surface area contributed by atoms with Crippen LogP contribution in [0.1, 0.15) is 18.7 Å². The van der Waals surface area contributed by atoms with Crippen molar-refractivity contribution >= 4 is 0 Å². The van der Waals surface area contributed by atoms with Crippen LogP contribution in [0, 0.1) is 0 Å². The fourth-order valence-electron chi connectivity index (χ4n) is 1.55. The molecule has 0 saturated heterocycles. The Bertz CT molecular complexity index is 269. The van der Waals surface area contributed by atoms with Gasteiger partial charge < -0.3 is 9.88 Å². The molecule has 86 valence electrons. The van der Waals surface area contributed by atoms with Gasteiger partial charge in [0.25, 0.3) is 0 Å². The van der Waals surface area contributed by atoms with Gasteiger partial charge in [0, 0.05) is 19.4 Å². The third kappa shape index (κ3) is 4.44. The van der Waals surface area contributed by atoms with Gasteiger partial charge in [-0.1, -0.05) is 0 Å². The molecule has 1 rings (SSSR count). The van der Waals surface area contributed by atoms with E-state index in [1.807, 2.05) is 26.5 Å². The van der Waals surface area contributed by atoms with E-state index in [1.54, 1.807) is 0 Å². The summed E-state index contributed by atoms with van der Waals surface area (Å²) >= 11 is 0. The Kier molecular flexibility index (Phi) is 5.36. The molecule has 1 N–H and O–H groups in total. The molecule has 0 saturated carbocycles. The Morgan fingerprint density at radius 3 is 2.87 bits per heavy atom. The predicted octanol–water partition coefficient (Wildman–Crippen LogP) is 0.851. The molecule has 0 bridgehead atoms. The van der Waals surface area contributed by atoms with E-state index in [0.717, 1.165) is 25.5 Å². The Morgan fingerprint density at radius 1 is 1.47 bits per heavy atom. The maximum absolute atomic E-state index is 4.31. The lowest BCUT2D eigenvalue weighted by Gasteiger charge is -2.15. The Morgan fingerprint density at radius 2 is 2.27 bits per heavy atom. The van der Waals surface area contributed by atoms with E-state index in [9.17, 15) is 0 Å². The summed E-state index contributed by atoms with van der Waals surface area (Å²) in [5.41, 5.74) is 0. The van der Waals surface area contributed by atoms with Crippen molar-refractivity contribution in [1.82, 2.24) is 19.8 Å². The molecule has 15 heavy (non-hydrogen) atoms. The zero-order valence-corrected chi connectivity index (χ0v) is 10.0. The van der Waals surface area contributed by atoms with E-state index in [4.69, 9.17) is 0 Å². The number of nitrogens with one attached hydrogen (secondary N) is 1. The van der Waals surface area contributed by atoms with E-state index in [0.29, 0.717) is 0 Å². The van der Waals surface area contributed by atoms with Crippen LogP contribution in [0.25, 0.3) is 0 Å². The molecule has 1 aromatic heterocycles. The molecule has 1 heterocycles. The molecule has 0 aliphatic heterocycles. The van der Waals surface area contributed by atoms with Crippen molar-refractivity contribution in [2.24, 2.45) is 7.05 Å². The minimum atomic E-state index is 0.934. The molecule has 0 unspecified atom stereocenters. The highest BCUT2D eigenvalue weighted by Crippen LogP contribution is 2.00. The molecule has 1 aromatic rings. The number of unbranched alkanes of at least 4 members (excludes halogenated alkanes) is 1. The largest absolute Gasteiger partial charge is 0.337 e. The standard InChI is InChI=1S/C11H22N4/c1-12-6-4-5-8-14(2)10-11-13-7-9-15(11)3/h7,9,12H,4-6,8,10H2,1-3H3. The maximum Gasteiger partial charge on any atom is 0.122 e. The summed E-state index contributed by atoms with van der Waals surface area (Å²) in [7, 11) is 6.18. The molecule has 0 aliphatic carbocycles. The highest BCUT2D eigenvalue weighted by atomic mass is 15.1. The topological polar surface area (TPSA) is 33.1 Å². The lowest BCUT2D eigenvalue weighted by atomic mass is 10.3. The summed E-state index contributed by atoms with van der Waals surface area (Å²) in [4.78, 5) is 6.63. The van der Waals surface area contributed by atoms with Gasteiger partial charge in [-0.15, -0.1) is 0 Å². The summed E-state index contributed by atoms with van der Waals surface area (Å²) in [6.07, 6.45) is 6.32. The zero-order valence-electron chi connectivity index (χ0n) is 10.0. The number of aryl methyl sites for hydroxylation is 1. The molecule has 0 radical (unpaired) electrons. The first-order valence-corrected chi connectivity index (χ1v) is 5.53. The van der Waals surface area contributed by atoms with Gasteiger partial charge in [-0.05, 0) is 40.0 Å². The van der Waals surface area contributed by atoms with Gasteiger partial charge in [0.05, 0.1) is 6.54 Å². The van der Waals surface area contributed by atoms with E-state index >= 15 is 0 Å². The van der Waals surface area contributed by atoms with Crippen LogP contribution in [0.3, 0.4) is 0 Å². The fraction of sp³-hybridized carbons (Fsp3) is 0.727. The third-order valence-corrected chi connectivity index (χ3v) is 2.55. The number of nitrogens with zero attached hydrogens (tertiary/aromatic N) is 3. The van der Waals surface area contributed by atoms with Crippen LogP contribution in [-0.4, -0.2) is 41.6 Å². The van der Waals surface area contributed by atoms with Gasteiger partial charge >= 0.3 is 0 Å². The minimum Gasteiger partial charge on any atom is -0.337 e. The highest BCUT2D eigenvalue weighted by Gasteiger charge is 2.03. The lowest BCUT2D eigenvalue weighted by molar-refractivity contribution is 0.307. The highest BCUT2D eigenvalue weighted by molar-refractivity contribution is 4.90. The van der Waals surface area contributed by atoms with Crippen molar-refractivity contribution in [3.05, 3.63) is 18.2 Å². The predicted molar refractivity (Wildman–Crippen MR) is 62.7 cm³/mol. The average molecular weight is 210 g/mol. The first kappa shape index (κ1) is 12.2. The number of hydrogen-bond acceptors (Lipinski definition) is 3. The van der Waals surface area contributed by atoms with Crippen LogP contribution in [0.5, 0.6) is 0 Å². The van der Waals surface area contributed by atoms with Gasteiger partial charge in [-0.3, -0.25) is 4.90 Å². The molecule has 0 fully saturated rings. The molecular formula is C11H22N4. The van der Waals surface area contributed by atoms with Gasteiger partial charge in [0.2, 0.25) is 0 Å². The summed E-state index contributed by atoms with van der Waals surface area (Å²) in [5, 5.41) is 3.16. The Balaban J connectivity index is 2.18. The molecule has 0 aromatic carbocycles. The molecule has 4 nitrogen and oxygen atoms in total. The second-order valence-electron chi connectivity index (χ2n) is 4.00. The van der Waals surface area contributed by atoms with Crippen molar-refractivity contribution in [3.63, 3.8) is 0 Å². The SMILES string of the molecule is CNCCCCN(C)Cc1nccn1C. The van der Waals surface area contributed by atoms with Crippen LogP contribution in [0.4, 0.5) is 0 Å². The van der Waals surface area contributed by atoms with Crippen LogP contribution in [-0.2, 0) is 13.6 Å². The molecule has 4 heteroatoms. The summed E-state index contributed by atoms with van der Waals surface area (Å²) in [6.45, 7) is 3.17. The smallest absolute Gasteiger partial charge is 0.122 e. The minimum absolute atomic E-state index is 0.934. The monoisotopic (exact) mass is 210 g/mol. The van der Waals surface area contributed by atoms with Crippen molar-refractivity contribution < 1.29 is 0 Å². The van der Waals surface area contributed by atoms with E-state index in [2.05, 4.69) is 26.8 Å². The van der Waals surface area contributed by atoms with Crippen LogP contribution < -0.4 is 5.32 Å². The molecule has 0 atom stereocenters. The lowest BCUT2D eigenvalue weighted by Crippen LogP contribution is -2.22. The normalized spacial score (nSPS) is 11.2. The molecule has 0 aliphatic rings. The van der Waals surface area contributed by atoms with Crippen molar-refractivity contribution in [3.8, 4) is 0 Å². The first-order chi connectivity index (χ1) is 7.24. The quantitative estimate of drug-likeness (QED) is 0.677. The van der Waals surface area contributed by atoms with Crippen LogP contribution in [0.2, 0.25) is 0 Å². The van der Waals surface area contributed by atoms with Gasteiger partial charge in [0.1, 0.15) is 5.82 Å². The Hall–Kier alpha value is -0.870. The first-order valence-electron chi connectivity index (χ1n) is 5.53. The van der Waals surface area contributed by atoms with Crippen molar-refractivity contribution in [2.75, 3.05) is 27.2 Å². The van der Waals surface area contributed by atoms with Crippen molar-refractivity contribution in [2.45, 2.75) is 19.4 Å². The van der Waals surface area contributed by atoms with Gasteiger partial charge in [-0.25, -0.2) is 4.98 Å². The second-order valence-corrected chi connectivity index (χ2v) is 4.00. The zero-order chi connectivity index (χ0) is 11.1. The van der Waals surface area contributed by atoms with Crippen molar-refractivity contribution in [1.29, 1.82) is 0 Å². The van der Waals surface area contributed by atoms with Gasteiger partial charge in [0.15, 0.2) is 0 Å². The Labute approximate surface area is 92.3 Å². The molecule has 0 spiro atoms. The summed E-state index contributed by atoms with van der Waals surface area (Å²) in [5.74, 6) is 1.13. The van der Waals surface area contributed by atoms with E-state index in [1.165, 1.54) is 12.8 Å². The van der Waals surface area contributed by atoms with Crippen LogP contribution in [0.15, 0.2) is 12.4 Å². The molecular weight excluding hydrogens is 188 g/mol. The second kappa shape index (κ2) is 6.58. The van der Waals surface area contributed by atoms with E-state index in [-0.39, 0.29) is 0 Å². The molecule has 0 amide bonds. The number of hydrogen-bond donors (Lipinski definition) is 1. The maximum atomic E-state index is 4.31. The summed E-state index contributed by atoms with van der Waals surface area (Å²) < 4.78 is 2.07. The number of aromatic nitrogens is 2. The van der Waals surface area contributed by atoms with Crippen LogP contribution >= 0.6 is 0 Å². The average Bonchev–Trinajstić information content (AvgIpc) is 2.59. The number of imidazole rings is 1. The number of rotatable bonds is 7. The fourth-order valence-corrected chi connectivity index (χ4v) is 1.55. The summed E-state index contributed by atoms with van der Waals surface area (Å²) in [6, 6.07) is 0.